The number of fused-ring (bicyclic) bond motifs is 1. The molecule has 6 nitrogen and oxygen atoms in total. The number of para-hydroxylation sites is 1. The monoisotopic (exact) mass is 454 g/mol. The highest BCUT2D eigenvalue weighted by atomic mass is 32.1. The second-order valence-corrected chi connectivity index (χ2v) is 12.0. The summed E-state index contributed by atoms with van der Waals surface area (Å²) in [4.78, 5) is 34.6. The lowest BCUT2D eigenvalue weighted by Crippen LogP contribution is -2.51. The Hall–Kier alpha value is -1.99. The van der Waals surface area contributed by atoms with Crippen LogP contribution in [-0.2, 0) is 4.79 Å². The van der Waals surface area contributed by atoms with Gasteiger partial charge in [0.2, 0.25) is 0 Å². The minimum Gasteiger partial charge on any atom is -0.323 e. The summed E-state index contributed by atoms with van der Waals surface area (Å²) >= 11 is 1.80. The van der Waals surface area contributed by atoms with E-state index in [0.29, 0.717) is 18.5 Å². The number of urea groups is 1. The molecule has 1 saturated carbocycles. The molecule has 0 unspecified atom stereocenters. The highest BCUT2D eigenvalue weighted by molar-refractivity contribution is 7.18. The maximum absolute atomic E-state index is 13.3. The van der Waals surface area contributed by atoms with Crippen molar-refractivity contribution in [2.24, 2.45) is 11.3 Å². The number of nitrogens with zero attached hydrogens (tertiary/aromatic N) is 3. The Kier molecular flexibility index (Phi) is 5.53. The van der Waals surface area contributed by atoms with E-state index >= 15 is 0 Å². The van der Waals surface area contributed by atoms with Gasteiger partial charge in [0.1, 0.15) is 5.54 Å². The van der Waals surface area contributed by atoms with Crippen molar-refractivity contribution in [1.29, 1.82) is 0 Å². The lowest BCUT2D eigenvalue weighted by Gasteiger charge is -2.40. The zero-order chi connectivity index (χ0) is 22.5. The van der Waals surface area contributed by atoms with Gasteiger partial charge in [0, 0.05) is 19.0 Å². The van der Waals surface area contributed by atoms with E-state index in [2.05, 4.69) is 49.2 Å². The maximum atomic E-state index is 13.3. The standard InChI is InChI=1S/C25H34N4O2S/c1-24(2,3)18-8-12-25(13-9-18)22(30)29(23(31)27-25)16-28-14-10-17(11-15-28)21-26-19-6-4-5-7-20(19)32-21/h4-7,17-18H,8-16H2,1-3H3,(H,27,31). The van der Waals surface area contributed by atoms with E-state index in [9.17, 15) is 9.59 Å². The van der Waals surface area contributed by atoms with Gasteiger partial charge in [-0.25, -0.2) is 14.7 Å². The first-order valence-electron chi connectivity index (χ1n) is 12.0. The van der Waals surface area contributed by atoms with Crippen LogP contribution in [0.3, 0.4) is 0 Å². The zero-order valence-electron chi connectivity index (χ0n) is 19.4. The fourth-order valence-corrected chi connectivity index (χ4v) is 6.84. The van der Waals surface area contributed by atoms with Crippen LogP contribution in [0.5, 0.6) is 0 Å². The third-order valence-electron chi connectivity index (χ3n) is 7.90. The number of aromatic nitrogens is 1. The molecule has 0 bridgehead atoms. The lowest BCUT2D eigenvalue weighted by molar-refractivity contribution is -0.134. The maximum Gasteiger partial charge on any atom is 0.326 e. The topological polar surface area (TPSA) is 65.5 Å². The first-order chi connectivity index (χ1) is 15.2. The number of likely N-dealkylation sites (tertiary alicyclic amines) is 1. The molecule has 1 aromatic heterocycles. The normalized spacial score (nSPS) is 28.1. The van der Waals surface area contributed by atoms with E-state index in [-0.39, 0.29) is 17.4 Å². The van der Waals surface area contributed by atoms with Crippen molar-refractivity contribution < 1.29 is 9.59 Å². The minimum atomic E-state index is -0.669. The predicted octanol–water partition coefficient (Wildman–Crippen LogP) is 4.96. The van der Waals surface area contributed by atoms with Crippen LogP contribution in [0.4, 0.5) is 4.79 Å². The molecule has 1 aromatic carbocycles. The number of hydrogen-bond donors (Lipinski definition) is 1. The number of carbonyl (C=O) groups excluding carboxylic acids is 2. The third kappa shape index (κ3) is 3.94. The molecule has 2 aliphatic heterocycles. The Morgan fingerprint density at radius 1 is 1.09 bits per heavy atom. The van der Waals surface area contributed by atoms with E-state index in [0.717, 1.165) is 57.1 Å². The molecular formula is C25H34N4O2S. The van der Waals surface area contributed by atoms with Gasteiger partial charge >= 0.3 is 6.03 Å². The van der Waals surface area contributed by atoms with Gasteiger partial charge in [0.15, 0.2) is 0 Å². The smallest absolute Gasteiger partial charge is 0.323 e. The molecule has 32 heavy (non-hydrogen) atoms. The van der Waals surface area contributed by atoms with Crippen LogP contribution in [0.1, 0.15) is 70.2 Å². The van der Waals surface area contributed by atoms with Crippen molar-refractivity contribution in [3.05, 3.63) is 29.3 Å². The summed E-state index contributed by atoms with van der Waals surface area (Å²) in [6.45, 7) is 8.99. The number of carbonyl (C=O) groups is 2. The Balaban J connectivity index is 1.18. The van der Waals surface area contributed by atoms with E-state index in [1.165, 1.54) is 14.6 Å². The second-order valence-electron chi connectivity index (χ2n) is 10.9. The number of nitrogens with one attached hydrogen (secondary N) is 1. The van der Waals surface area contributed by atoms with Gasteiger partial charge < -0.3 is 5.32 Å². The Labute approximate surface area is 194 Å². The molecule has 3 heterocycles. The zero-order valence-corrected chi connectivity index (χ0v) is 20.2. The fraction of sp³-hybridized carbons (Fsp3) is 0.640. The highest BCUT2D eigenvalue weighted by Gasteiger charge is 2.53. The molecule has 172 valence electrons. The van der Waals surface area contributed by atoms with Crippen molar-refractivity contribution in [3.63, 3.8) is 0 Å². The van der Waals surface area contributed by atoms with Gasteiger partial charge in [-0.3, -0.25) is 9.69 Å². The van der Waals surface area contributed by atoms with Crippen molar-refractivity contribution in [2.75, 3.05) is 19.8 Å². The quantitative estimate of drug-likeness (QED) is 0.666. The molecular weight excluding hydrogens is 420 g/mol. The number of imide groups is 1. The molecule has 1 N–H and O–H groups in total. The largest absolute Gasteiger partial charge is 0.326 e. The van der Waals surface area contributed by atoms with E-state index in [1.54, 1.807) is 11.3 Å². The first-order valence-corrected chi connectivity index (χ1v) is 12.8. The summed E-state index contributed by atoms with van der Waals surface area (Å²) in [5.74, 6) is 1.06. The lowest BCUT2D eigenvalue weighted by atomic mass is 9.67. The molecule has 2 aromatic rings. The van der Waals surface area contributed by atoms with E-state index in [1.807, 2.05) is 6.07 Å². The van der Waals surface area contributed by atoms with Gasteiger partial charge in [-0.05, 0) is 62.0 Å². The number of benzene rings is 1. The third-order valence-corrected chi connectivity index (χ3v) is 9.10. The van der Waals surface area contributed by atoms with E-state index in [4.69, 9.17) is 4.98 Å². The summed E-state index contributed by atoms with van der Waals surface area (Å²) in [6.07, 6.45) is 5.54. The second kappa shape index (κ2) is 8.10. The molecule has 2 saturated heterocycles. The van der Waals surface area contributed by atoms with Crippen LogP contribution >= 0.6 is 11.3 Å². The number of rotatable bonds is 3. The highest BCUT2D eigenvalue weighted by Crippen LogP contribution is 2.43. The van der Waals surface area contributed by atoms with Crippen molar-refractivity contribution in [1.82, 2.24) is 20.1 Å². The van der Waals surface area contributed by atoms with Crippen LogP contribution in [0.25, 0.3) is 10.2 Å². The Morgan fingerprint density at radius 3 is 2.44 bits per heavy atom. The predicted molar refractivity (Wildman–Crippen MR) is 128 cm³/mol. The van der Waals surface area contributed by atoms with Crippen molar-refractivity contribution >= 4 is 33.5 Å². The van der Waals surface area contributed by atoms with Crippen LogP contribution in [-0.4, -0.2) is 52.0 Å². The number of hydrogen-bond acceptors (Lipinski definition) is 5. The molecule has 3 fully saturated rings. The number of amides is 3. The number of piperidine rings is 1. The van der Waals surface area contributed by atoms with Crippen LogP contribution in [0.15, 0.2) is 24.3 Å². The summed E-state index contributed by atoms with van der Waals surface area (Å²) < 4.78 is 1.25. The molecule has 3 amide bonds. The van der Waals surface area contributed by atoms with Gasteiger partial charge in [0.25, 0.3) is 5.91 Å². The van der Waals surface area contributed by atoms with Crippen LogP contribution in [0, 0.1) is 11.3 Å². The molecule has 5 rings (SSSR count). The molecule has 1 spiro atoms. The first kappa shape index (κ1) is 21.8. The molecule has 0 atom stereocenters. The van der Waals surface area contributed by atoms with Gasteiger partial charge in [-0.1, -0.05) is 32.9 Å². The summed E-state index contributed by atoms with van der Waals surface area (Å²) in [5, 5.41) is 4.30. The molecule has 7 heteroatoms. The summed E-state index contributed by atoms with van der Waals surface area (Å²) in [5.41, 5.74) is 0.666. The minimum absolute atomic E-state index is 0.0110. The van der Waals surface area contributed by atoms with Gasteiger partial charge in [0.05, 0.1) is 21.9 Å². The van der Waals surface area contributed by atoms with Gasteiger partial charge in [-0.15, -0.1) is 11.3 Å². The van der Waals surface area contributed by atoms with Crippen molar-refractivity contribution in [2.45, 2.75) is 70.8 Å². The van der Waals surface area contributed by atoms with Crippen LogP contribution in [0.2, 0.25) is 0 Å². The van der Waals surface area contributed by atoms with Crippen LogP contribution < -0.4 is 5.32 Å². The molecule has 1 aliphatic carbocycles. The average molecular weight is 455 g/mol. The Bertz CT molecular complexity index is 977. The fourth-order valence-electron chi connectivity index (χ4n) is 5.71. The number of thiazole rings is 1. The summed E-state index contributed by atoms with van der Waals surface area (Å²) in [7, 11) is 0. The SMILES string of the molecule is CC(C)(C)C1CCC2(CC1)NC(=O)N(CN1CCC(c3nc4ccccc4s3)CC1)C2=O. The molecule has 0 radical (unpaired) electrons. The summed E-state index contributed by atoms with van der Waals surface area (Å²) in [6, 6.07) is 8.10. The van der Waals surface area contributed by atoms with E-state index < -0.39 is 5.54 Å². The Morgan fingerprint density at radius 2 is 1.78 bits per heavy atom. The average Bonchev–Trinajstić information content (AvgIpc) is 3.29. The van der Waals surface area contributed by atoms with Crippen molar-refractivity contribution in [3.8, 4) is 0 Å². The molecule has 3 aliphatic rings. The van der Waals surface area contributed by atoms with Gasteiger partial charge in [-0.2, -0.15) is 0 Å².